The zero-order valence-electron chi connectivity index (χ0n) is 12.2. The number of esters is 1. The summed E-state index contributed by atoms with van der Waals surface area (Å²) in [6.07, 6.45) is 4.32. The summed E-state index contributed by atoms with van der Waals surface area (Å²) in [7, 11) is 0. The summed E-state index contributed by atoms with van der Waals surface area (Å²) in [6, 6.07) is 0. The van der Waals surface area contributed by atoms with Gasteiger partial charge in [0.15, 0.2) is 5.82 Å². The molecule has 6 heteroatoms. The Kier molecular flexibility index (Phi) is 5.11. The van der Waals surface area contributed by atoms with E-state index in [1.54, 1.807) is 6.92 Å². The van der Waals surface area contributed by atoms with E-state index in [0.717, 1.165) is 19.3 Å². The second kappa shape index (κ2) is 6.83. The molecule has 0 radical (unpaired) electrons. The summed E-state index contributed by atoms with van der Waals surface area (Å²) in [6.45, 7) is 5.18. The summed E-state index contributed by atoms with van der Waals surface area (Å²) >= 11 is 0. The van der Waals surface area contributed by atoms with E-state index in [2.05, 4.69) is 10.1 Å². The molecule has 0 saturated heterocycles. The van der Waals surface area contributed by atoms with Crippen LogP contribution >= 0.6 is 0 Å². The molecule has 0 bridgehead atoms. The van der Waals surface area contributed by atoms with Crippen molar-refractivity contribution in [3.63, 3.8) is 0 Å². The van der Waals surface area contributed by atoms with E-state index in [9.17, 15) is 4.79 Å². The first-order valence-electron chi connectivity index (χ1n) is 7.31. The summed E-state index contributed by atoms with van der Waals surface area (Å²) in [4.78, 5) is 16.6. The van der Waals surface area contributed by atoms with Crippen molar-refractivity contribution in [3.8, 4) is 0 Å². The fraction of sp³-hybridized carbons (Fsp3) is 0.786. The summed E-state index contributed by atoms with van der Waals surface area (Å²) < 4.78 is 15.9. The first-order chi connectivity index (χ1) is 9.73. The Bertz CT molecular complexity index is 438. The van der Waals surface area contributed by atoms with Crippen molar-refractivity contribution in [2.75, 3.05) is 13.2 Å². The highest BCUT2D eigenvalue weighted by molar-refractivity contribution is 5.82. The van der Waals surface area contributed by atoms with Gasteiger partial charge in [-0.3, -0.25) is 4.79 Å². The Balaban J connectivity index is 2.12. The molecule has 1 aliphatic rings. The molecule has 1 fully saturated rings. The van der Waals surface area contributed by atoms with Gasteiger partial charge in [-0.1, -0.05) is 24.9 Å². The molecule has 2 rings (SSSR count). The smallest absolute Gasteiger partial charge is 0.321 e. The Morgan fingerprint density at radius 3 is 2.75 bits per heavy atom. The SMILES string of the molecule is CCCOCc1noc(C2(C(=O)OCC)CCCC2)n1. The molecular weight excluding hydrogens is 260 g/mol. The highest BCUT2D eigenvalue weighted by Crippen LogP contribution is 2.41. The number of hydrogen-bond donors (Lipinski definition) is 0. The van der Waals surface area contributed by atoms with Gasteiger partial charge in [-0.25, -0.2) is 0 Å². The monoisotopic (exact) mass is 282 g/mol. The molecular formula is C14H22N2O4. The molecule has 0 amide bonds. The van der Waals surface area contributed by atoms with E-state index in [1.807, 2.05) is 6.92 Å². The van der Waals surface area contributed by atoms with E-state index < -0.39 is 5.41 Å². The first-order valence-corrected chi connectivity index (χ1v) is 7.31. The number of rotatable bonds is 7. The fourth-order valence-electron chi connectivity index (χ4n) is 2.57. The maximum atomic E-state index is 12.3. The molecule has 1 saturated carbocycles. The molecule has 20 heavy (non-hydrogen) atoms. The second-order valence-corrected chi connectivity index (χ2v) is 5.08. The largest absolute Gasteiger partial charge is 0.465 e. The standard InChI is InChI=1S/C14H22N2O4/c1-3-9-18-10-11-15-12(20-16-11)14(7-5-6-8-14)13(17)19-4-2/h3-10H2,1-2H3. The number of aromatic nitrogens is 2. The number of hydrogen-bond acceptors (Lipinski definition) is 6. The molecule has 6 nitrogen and oxygen atoms in total. The van der Waals surface area contributed by atoms with Gasteiger partial charge >= 0.3 is 5.97 Å². The Morgan fingerprint density at radius 2 is 2.10 bits per heavy atom. The number of carbonyl (C=O) groups excluding carboxylic acids is 1. The van der Waals surface area contributed by atoms with Gasteiger partial charge < -0.3 is 14.0 Å². The molecule has 0 spiro atoms. The molecule has 0 unspecified atom stereocenters. The molecule has 1 heterocycles. The van der Waals surface area contributed by atoms with E-state index in [-0.39, 0.29) is 5.97 Å². The average Bonchev–Trinajstić information content (AvgIpc) is 3.08. The zero-order chi connectivity index (χ0) is 14.4. The first kappa shape index (κ1) is 15.0. The van der Waals surface area contributed by atoms with Crippen molar-refractivity contribution in [3.05, 3.63) is 11.7 Å². The molecule has 1 aromatic heterocycles. The van der Waals surface area contributed by atoms with E-state index in [1.165, 1.54) is 0 Å². The van der Waals surface area contributed by atoms with Crippen LogP contribution in [-0.2, 0) is 26.3 Å². The van der Waals surface area contributed by atoms with Crippen LogP contribution < -0.4 is 0 Å². The Hall–Kier alpha value is -1.43. The van der Waals surface area contributed by atoms with Crippen LogP contribution in [0.15, 0.2) is 4.52 Å². The van der Waals surface area contributed by atoms with Crippen LogP contribution in [0.5, 0.6) is 0 Å². The third kappa shape index (κ3) is 3.00. The van der Waals surface area contributed by atoms with Crippen molar-refractivity contribution in [1.29, 1.82) is 0 Å². The molecule has 0 atom stereocenters. The minimum atomic E-state index is -0.744. The highest BCUT2D eigenvalue weighted by atomic mass is 16.5. The lowest BCUT2D eigenvalue weighted by atomic mass is 9.86. The van der Waals surface area contributed by atoms with Crippen molar-refractivity contribution in [1.82, 2.24) is 10.1 Å². The van der Waals surface area contributed by atoms with Gasteiger partial charge in [0.1, 0.15) is 12.0 Å². The normalized spacial score (nSPS) is 17.3. The van der Waals surface area contributed by atoms with Crippen LogP contribution in [0.3, 0.4) is 0 Å². The highest BCUT2D eigenvalue weighted by Gasteiger charge is 2.49. The van der Waals surface area contributed by atoms with Crippen molar-refractivity contribution in [2.45, 2.75) is 58.0 Å². The van der Waals surface area contributed by atoms with Gasteiger partial charge in [0.2, 0.25) is 5.89 Å². The molecule has 0 aliphatic heterocycles. The minimum Gasteiger partial charge on any atom is -0.465 e. The fourth-order valence-corrected chi connectivity index (χ4v) is 2.57. The Labute approximate surface area is 118 Å². The van der Waals surface area contributed by atoms with Crippen LogP contribution in [0.2, 0.25) is 0 Å². The zero-order valence-corrected chi connectivity index (χ0v) is 12.2. The van der Waals surface area contributed by atoms with Crippen LogP contribution in [0.25, 0.3) is 0 Å². The Morgan fingerprint density at radius 1 is 1.35 bits per heavy atom. The topological polar surface area (TPSA) is 74.5 Å². The lowest BCUT2D eigenvalue weighted by molar-refractivity contribution is -0.151. The predicted molar refractivity (Wildman–Crippen MR) is 71.0 cm³/mol. The molecule has 112 valence electrons. The average molecular weight is 282 g/mol. The van der Waals surface area contributed by atoms with Crippen LogP contribution in [-0.4, -0.2) is 29.3 Å². The summed E-state index contributed by atoms with van der Waals surface area (Å²) in [5.74, 6) is 0.620. The predicted octanol–water partition coefficient (Wildman–Crippen LogP) is 2.37. The number of carbonyl (C=O) groups is 1. The third-order valence-electron chi connectivity index (χ3n) is 3.58. The van der Waals surface area contributed by atoms with Crippen molar-refractivity contribution < 1.29 is 18.8 Å². The van der Waals surface area contributed by atoms with Gasteiger partial charge in [-0.2, -0.15) is 4.98 Å². The second-order valence-electron chi connectivity index (χ2n) is 5.08. The van der Waals surface area contributed by atoms with Crippen LogP contribution in [0, 0.1) is 0 Å². The van der Waals surface area contributed by atoms with Gasteiger partial charge in [-0.05, 0) is 26.2 Å². The van der Waals surface area contributed by atoms with Crippen molar-refractivity contribution in [2.24, 2.45) is 0 Å². The van der Waals surface area contributed by atoms with Crippen LogP contribution in [0.4, 0.5) is 0 Å². The summed E-state index contributed by atoms with van der Waals surface area (Å²) in [5.41, 5.74) is -0.744. The third-order valence-corrected chi connectivity index (χ3v) is 3.58. The van der Waals surface area contributed by atoms with E-state index in [4.69, 9.17) is 14.0 Å². The molecule has 1 aromatic rings. The molecule has 0 aromatic carbocycles. The summed E-state index contributed by atoms with van der Waals surface area (Å²) in [5, 5.41) is 3.90. The van der Waals surface area contributed by atoms with Gasteiger partial charge in [-0.15, -0.1) is 0 Å². The molecule has 0 N–H and O–H groups in total. The lowest BCUT2D eigenvalue weighted by Crippen LogP contribution is -2.35. The number of ether oxygens (including phenoxy) is 2. The maximum absolute atomic E-state index is 12.3. The number of nitrogens with zero attached hydrogens (tertiary/aromatic N) is 2. The molecule has 1 aliphatic carbocycles. The van der Waals surface area contributed by atoms with E-state index in [0.29, 0.717) is 44.4 Å². The van der Waals surface area contributed by atoms with E-state index >= 15 is 0 Å². The lowest BCUT2D eigenvalue weighted by Gasteiger charge is -2.21. The quantitative estimate of drug-likeness (QED) is 0.564. The maximum Gasteiger partial charge on any atom is 0.321 e. The minimum absolute atomic E-state index is 0.248. The van der Waals surface area contributed by atoms with Gasteiger partial charge in [0.05, 0.1) is 6.61 Å². The van der Waals surface area contributed by atoms with Gasteiger partial charge in [0, 0.05) is 6.61 Å². The van der Waals surface area contributed by atoms with Gasteiger partial charge in [0.25, 0.3) is 0 Å². The van der Waals surface area contributed by atoms with Crippen LogP contribution in [0.1, 0.15) is 57.7 Å². The van der Waals surface area contributed by atoms with Crippen molar-refractivity contribution >= 4 is 5.97 Å².